The smallest absolute Gasteiger partial charge is 0.382 e. The standard InChI is InChI=1S/C23H31F17N2O5/c1-44-8-9-45-10-11-46-12-13-47-14-15(43)42(6-3-2-5-41)7-4-16(24,25)17(26,27)18(28,29)19(30,31)20(32,33)21(34,35)22(36,37)23(38,39)40/h2-14,41H2,1H3. The minimum Gasteiger partial charge on any atom is -0.382 e. The number of rotatable bonds is 24. The van der Waals surface area contributed by atoms with E-state index >= 15 is 0 Å². The lowest BCUT2D eigenvalue weighted by molar-refractivity contribution is -0.461. The van der Waals surface area contributed by atoms with Crippen molar-refractivity contribution in [1.82, 2.24) is 4.90 Å². The molecule has 47 heavy (non-hydrogen) atoms. The zero-order chi connectivity index (χ0) is 37.2. The lowest BCUT2D eigenvalue weighted by Gasteiger charge is -2.43. The van der Waals surface area contributed by atoms with Gasteiger partial charge in [0.15, 0.2) is 0 Å². The van der Waals surface area contributed by atoms with Crippen molar-refractivity contribution in [2.24, 2.45) is 5.73 Å². The summed E-state index contributed by atoms with van der Waals surface area (Å²) in [5, 5.41) is 0. The maximum absolute atomic E-state index is 14.3. The van der Waals surface area contributed by atoms with Crippen LogP contribution in [0, 0.1) is 0 Å². The first kappa shape index (κ1) is 45.1. The fourth-order valence-corrected chi connectivity index (χ4v) is 3.27. The predicted octanol–water partition coefficient (Wildman–Crippen LogP) is 5.65. The molecular formula is C23H31F17N2O5. The summed E-state index contributed by atoms with van der Waals surface area (Å²) >= 11 is 0. The van der Waals surface area contributed by atoms with Gasteiger partial charge in [0.1, 0.15) is 6.61 Å². The van der Waals surface area contributed by atoms with Gasteiger partial charge in [-0.25, -0.2) is 0 Å². The lowest BCUT2D eigenvalue weighted by atomic mass is 9.88. The maximum atomic E-state index is 14.3. The second kappa shape index (κ2) is 17.1. The Hall–Kier alpha value is -1.92. The van der Waals surface area contributed by atoms with E-state index in [0.717, 1.165) is 0 Å². The lowest BCUT2D eigenvalue weighted by Crippen LogP contribution is -2.74. The van der Waals surface area contributed by atoms with E-state index in [1.807, 2.05) is 0 Å². The first-order valence-electron chi connectivity index (χ1n) is 13.1. The quantitative estimate of drug-likeness (QED) is 0.102. The van der Waals surface area contributed by atoms with E-state index in [9.17, 15) is 79.4 Å². The number of hydrogen-bond donors (Lipinski definition) is 1. The van der Waals surface area contributed by atoms with E-state index in [2.05, 4.69) is 0 Å². The van der Waals surface area contributed by atoms with Crippen LogP contribution < -0.4 is 5.73 Å². The zero-order valence-electron chi connectivity index (χ0n) is 24.2. The number of halogens is 17. The van der Waals surface area contributed by atoms with E-state index in [1.54, 1.807) is 0 Å². The first-order chi connectivity index (χ1) is 21.2. The Balaban J connectivity index is 5.80. The van der Waals surface area contributed by atoms with Crippen molar-refractivity contribution in [3.63, 3.8) is 0 Å². The molecule has 0 saturated heterocycles. The molecule has 0 atom stereocenters. The number of nitrogens with two attached hydrogens (primary N) is 1. The van der Waals surface area contributed by atoms with Gasteiger partial charge in [-0.3, -0.25) is 4.79 Å². The number of carbonyl (C=O) groups is 1. The summed E-state index contributed by atoms with van der Waals surface area (Å²) in [5.74, 6) is -58.3. The zero-order valence-corrected chi connectivity index (χ0v) is 24.2. The highest BCUT2D eigenvalue weighted by molar-refractivity contribution is 5.77. The van der Waals surface area contributed by atoms with E-state index < -0.39 is 79.7 Å². The molecule has 1 amide bonds. The molecule has 0 aliphatic carbocycles. The molecule has 0 unspecified atom stereocenters. The van der Waals surface area contributed by atoms with Crippen molar-refractivity contribution >= 4 is 5.91 Å². The van der Waals surface area contributed by atoms with Crippen molar-refractivity contribution in [3.05, 3.63) is 0 Å². The number of hydrogen-bond acceptors (Lipinski definition) is 6. The molecule has 0 spiro atoms. The highest BCUT2D eigenvalue weighted by Crippen LogP contribution is 2.64. The van der Waals surface area contributed by atoms with Crippen LogP contribution in [0.3, 0.4) is 0 Å². The normalized spacial score (nSPS) is 14.5. The average molecular weight is 738 g/mol. The first-order valence-corrected chi connectivity index (χ1v) is 13.1. The van der Waals surface area contributed by atoms with Crippen LogP contribution in [0.15, 0.2) is 0 Å². The Bertz CT molecular complexity index is 951. The summed E-state index contributed by atoms with van der Waals surface area (Å²) in [6, 6.07) is 0. The Labute approximate surface area is 255 Å². The molecule has 0 aliphatic rings. The summed E-state index contributed by atoms with van der Waals surface area (Å²) in [5.41, 5.74) is 5.21. The van der Waals surface area contributed by atoms with Crippen LogP contribution in [-0.2, 0) is 23.7 Å². The van der Waals surface area contributed by atoms with Crippen LogP contribution in [0.25, 0.3) is 0 Å². The summed E-state index contributed by atoms with van der Waals surface area (Å²) in [6.45, 7) is -3.18. The van der Waals surface area contributed by atoms with E-state index in [4.69, 9.17) is 24.7 Å². The Kier molecular flexibility index (Phi) is 16.4. The van der Waals surface area contributed by atoms with Crippen molar-refractivity contribution in [1.29, 1.82) is 0 Å². The van der Waals surface area contributed by atoms with E-state index in [-0.39, 0.29) is 57.3 Å². The third-order valence-corrected chi connectivity index (χ3v) is 6.12. The summed E-state index contributed by atoms with van der Waals surface area (Å²) in [6.07, 6.45) is -10.7. The van der Waals surface area contributed by atoms with Crippen molar-refractivity contribution in [2.75, 3.05) is 73.0 Å². The molecule has 0 aromatic heterocycles. The van der Waals surface area contributed by atoms with Gasteiger partial charge in [-0.1, -0.05) is 0 Å². The van der Waals surface area contributed by atoms with Gasteiger partial charge >= 0.3 is 47.6 Å². The Morgan fingerprint density at radius 3 is 1.38 bits per heavy atom. The third kappa shape index (κ3) is 10.1. The van der Waals surface area contributed by atoms with Crippen LogP contribution in [0.1, 0.15) is 19.3 Å². The molecule has 24 heteroatoms. The van der Waals surface area contributed by atoms with Gasteiger partial charge in [0.2, 0.25) is 5.91 Å². The van der Waals surface area contributed by atoms with Crippen LogP contribution >= 0.6 is 0 Å². The monoisotopic (exact) mass is 738 g/mol. The second-order valence-corrected chi connectivity index (χ2v) is 9.55. The fraction of sp³-hybridized carbons (Fsp3) is 0.957. The molecule has 0 aromatic carbocycles. The number of alkyl halides is 17. The molecule has 0 aliphatic heterocycles. The summed E-state index contributed by atoms with van der Waals surface area (Å²) < 4.78 is 249. The van der Waals surface area contributed by atoms with Gasteiger partial charge in [-0.2, -0.15) is 74.6 Å². The minimum absolute atomic E-state index is 0.0491. The van der Waals surface area contributed by atoms with Crippen LogP contribution in [-0.4, -0.2) is 131 Å². The molecule has 0 rings (SSSR count). The van der Waals surface area contributed by atoms with E-state index in [1.165, 1.54) is 7.11 Å². The van der Waals surface area contributed by atoms with Crippen molar-refractivity contribution < 1.29 is 98.4 Å². The molecule has 0 bridgehead atoms. The Morgan fingerprint density at radius 2 is 0.957 bits per heavy atom. The van der Waals surface area contributed by atoms with Crippen molar-refractivity contribution in [3.8, 4) is 0 Å². The summed E-state index contributed by atoms with van der Waals surface area (Å²) in [7, 11) is 1.43. The summed E-state index contributed by atoms with van der Waals surface area (Å²) in [4.78, 5) is 12.6. The molecule has 2 N–H and O–H groups in total. The second-order valence-electron chi connectivity index (χ2n) is 9.55. The van der Waals surface area contributed by atoms with Gasteiger partial charge in [-0.15, -0.1) is 0 Å². The highest BCUT2D eigenvalue weighted by atomic mass is 19.4. The molecule has 7 nitrogen and oxygen atoms in total. The molecule has 0 heterocycles. The topological polar surface area (TPSA) is 83.2 Å². The number of carbonyl (C=O) groups excluding carboxylic acids is 1. The molecule has 0 fully saturated rings. The molecule has 0 aromatic rings. The SMILES string of the molecule is COCCOCCOCCOCC(=O)N(CCCCN)CCC(F)(F)C(F)(F)C(F)(F)C(F)(F)C(F)(F)C(F)(F)C(F)(F)C(F)(F)F. The number of amides is 1. The molecular weight excluding hydrogens is 707 g/mol. The van der Waals surface area contributed by atoms with E-state index in [0.29, 0.717) is 6.61 Å². The van der Waals surface area contributed by atoms with Crippen LogP contribution in [0.4, 0.5) is 74.6 Å². The maximum Gasteiger partial charge on any atom is 0.460 e. The minimum atomic E-state index is -8.70. The van der Waals surface area contributed by atoms with Gasteiger partial charge in [0.05, 0.1) is 39.6 Å². The number of methoxy groups -OCH3 is 1. The highest BCUT2D eigenvalue weighted by Gasteiger charge is 2.95. The molecule has 282 valence electrons. The average Bonchev–Trinajstić information content (AvgIpc) is 2.94. The molecule has 0 radical (unpaired) electrons. The largest absolute Gasteiger partial charge is 0.460 e. The fourth-order valence-electron chi connectivity index (χ4n) is 3.27. The van der Waals surface area contributed by atoms with Gasteiger partial charge < -0.3 is 29.6 Å². The van der Waals surface area contributed by atoms with Crippen molar-refractivity contribution in [2.45, 2.75) is 66.9 Å². The Morgan fingerprint density at radius 1 is 0.553 bits per heavy atom. The third-order valence-electron chi connectivity index (χ3n) is 6.12. The molecule has 0 saturated carbocycles. The predicted molar refractivity (Wildman–Crippen MR) is 125 cm³/mol. The number of ether oxygens (including phenoxy) is 4. The number of nitrogens with zero attached hydrogens (tertiary/aromatic N) is 1. The van der Waals surface area contributed by atoms with Gasteiger partial charge in [-0.05, 0) is 19.4 Å². The number of unbranched alkanes of at least 4 members (excludes halogenated alkanes) is 1. The van der Waals surface area contributed by atoms with Crippen LogP contribution in [0.5, 0.6) is 0 Å². The van der Waals surface area contributed by atoms with Gasteiger partial charge in [0.25, 0.3) is 0 Å². The van der Waals surface area contributed by atoms with Gasteiger partial charge in [0, 0.05) is 26.6 Å². The van der Waals surface area contributed by atoms with Crippen LogP contribution in [0.2, 0.25) is 0 Å².